The Labute approximate surface area is 163 Å². The number of benzene rings is 1. The van der Waals surface area contributed by atoms with Gasteiger partial charge < -0.3 is 20.3 Å². The van der Waals surface area contributed by atoms with Gasteiger partial charge in [-0.15, -0.1) is 0 Å². The van der Waals surface area contributed by atoms with Gasteiger partial charge in [-0.05, 0) is 23.1 Å². The minimum absolute atomic E-state index is 0.120. The second kappa shape index (κ2) is 8.24. The van der Waals surface area contributed by atoms with Gasteiger partial charge >= 0.3 is 0 Å². The zero-order chi connectivity index (χ0) is 20.4. The number of alkyl halides is 1. The van der Waals surface area contributed by atoms with E-state index in [1.807, 2.05) is 31.2 Å². The Morgan fingerprint density at radius 2 is 2.04 bits per heavy atom. The number of nitrogens with zero attached hydrogens (tertiary/aromatic N) is 2. The summed E-state index contributed by atoms with van der Waals surface area (Å²) in [6.45, 7) is 2.19. The Bertz CT molecular complexity index is 910. The average molecular weight is 387 g/mol. The maximum atomic E-state index is 13.4. The molecule has 3 atom stereocenters. The van der Waals surface area contributed by atoms with Gasteiger partial charge in [-0.1, -0.05) is 31.2 Å². The van der Waals surface area contributed by atoms with Crippen LogP contribution in [0.2, 0.25) is 0 Å². The van der Waals surface area contributed by atoms with Crippen molar-refractivity contribution >= 4 is 5.91 Å². The minimum Gasteiger partial charge on any atom is -0.392 e. The fraction of sp³-hybridized carbons (Fsp3) is 0.429. The molecule has 1 aliphatic heterocycles. The molecule has 2 heterocycles. The molecule has 28 heavy (non-hydrogen) atoms. The summed E-state index contributed by atoms with van der Waals surface area (Å²) >= 11 is 0. The van der Waals surface area contributed by atoms with Crippen molar-refractivity contribution in [1.29, 1.82) is 0 Å². The van der Waals surface area contributed by atoms with Crippen molar-refractivity contribution in [3.05, 3.63) is 58.0 Å². The quantitative estimate of drug-likeness (QED) is 0.815. The van der Waals surface area contributed by atoms with E-state index in [0.29, 0.717) is 18.5 Å². The molecule has 0 spiro atoms. The lowest BCUT2D eigenvalue weighted by Crippen LogP contribution is -2.45. The monoisotopic (exact) mass is 387 g/mol. The average Bonchev–Trinajstić information content (AvgIpc) is 3.14. The molecule has 3 N–H and O–H groups in total. The number of rotatable bonds is 5. The van der Waals surface area contributed by atoms with E-state index in [0.717, 1.165) is 16.7 Å². The molecule has 6 nitrogen and oxygen atoms in total. The highest BCUT2D eigenvalue weighted by Gasteiger charge is 2.32. The van der Waals surface area contributed by atoms with Crippen LogP contribution < -0.4 is 11.3 Å². The second-order valence-electron chi connectivity index (χ2n) is 7.43. The van der Waals surface area contributed by atoms with Crippen LogP contribution in [0.1, 0.15) is 30.4 Å². The number of nitrogens with two attached hydrogens (primary N) is 1. The molecule has 2 aromatic rings. The molecule has 0 unspecified atom stereocenters. The van der Waals surface area contributed by atoms with Crippen molar-refractivity contribution in [2.75, 3.05) is 13.1 Å². The van der Waals surface area contributed by atoms with Crippen LogP contribution >= 0.6 is 0 Å². The number of aryl methyl sites for hydroxylation is 1. The van der Waals surface area contributed by atoms with Crippen molar-refractivity contribution < 1.29 is 14.3 Å². The largest absolute Gasteiger partial charge is 0.392 e. The highest BCUT2D eigenvalue weighted by atomic mass is 19.1. The fourth-order valence-corrected chi connectivity index (χ4v) is 3.58. The number of aliphatic hydroxyl groups excluding tert-OH is 1. The Balaban J connectivity index is 1.80. The van der Waals surface area contributed by atoms with Crippen molar-refractivity contribution in [2.45, 2.75) is 38.1 Å². The summed E-state index contributed by atoms with van der Waals surface area (Å²) < 4.78 is 14.8. The van der Waals surface area contributed by atoms with E-state index < -0.39 is 12.2 Å². The lowest BCUT2D eigenvalue weighted by Gasteiger charge is -2.25. The van der Waals surface area contributed by atoms with Gasteiger partial charge in [0.2, 0.25) is 5.91 Å². The number of hydrogen-bond donors (Lipinski definition) is 2. The predicted molar refractivity (Wildman–Crippen MR) is 106 cm³/mol. The molecule has 0 radical (unpaired) electrons. The van der Waals surface area contributed by atoms with Gasteiger partial charge in [0.05, 0.1) is 19.2 Å². The van der Waals surface area contributed by atoms with Crippen LogP contribution in [0.5, 0.6) is 0 Å². The highest BCUT2D eigenvalue weighted by molar-refractivity contribution is 5.83. The molecular formula is C21H26FN3O3. The molecular weight excluding hydrogens is 361 g/mol. The van der Waals surface area contributed by atoms with Crippen LogP contribution in [0, 0.1) is 0 Å². The van der Waals surface area contributed by atoms with Crippen molar-refractivity contribution in [3.63, 3.8) is 0 Å². The summed E-state index contributed by atoms with van der Waals surface area (Å²) in [6.07, 6.45) is 1.10. The number of likely N-dealkylation sites (tertiary alicyclic amines) is 1. The number of aromatic nitrogens is 1. The zero-order valence-corrected chi connectivity index (χ0v) is 16.1. The van der Waals surface area contributed by atoms with E-state index in [2.05, 4.69) is 0 Å². The number of halogens is 1. The Hall–Kier alpha value is -2.51. The first-order valence-electron chi connectivity index (χ1n) is 9.41. The number of carbonyl (C=O) groups excluding carboxylic acids is 1. The topological polar surface area (TPSA) is 88.6 Å². The third kappa shape index (κ3) is 4.00. The predicted octanol–water partition coefficient (Wildman–Crippen LogP) is 1.55. The summed E-state index contributed by atoms with van der Waals surface area (Å²) in [5.41, 5.74) is 9.07. The van der Waals surface area contributed by atoms with Gasteiger partial charge in [0.25, 0.3) is 5.56 Å². The van der Waals surface area contributed by atoms with Gasteiger partial charge in [0.15, 0.2) is 0 Å². The second-order valence-corrected chi connectivity index (χ2v) is 7.43. The first kappa shape index (κ1) is 20.2. The first-order valence-corrected chi connectivity index (χ1v) is 9.41. The van der Waals surface area contributed by atoms with E-state index in [4.69, 9.17) is 5.73 Å². The summed E-state index contributed by atoms with van der Waals surface area (Å²) in [5.74, 6) is -0.449. The van der Waals surface area contributed by atoms with Gasteiger partial charge in [-0.2, -0.15) is 0 Å². The fourth-order valence-electron chi connectivity index (χ4n) is 3.58. The lowest BCUT2D eigenvalue weighted by molar-refractivity contribution is -0.132. The van der Waals surface area contributed by atoms with Gasteiger partial charge in [0.1, 0.15) is 6.17 Å². The molecule has 1 saturated heterocycles. The molecule has 1 aromatic carbocycles. The molecule has 1 aromatic heterocycles. The molecule has 0 aliphatic carbocycles. The summed E-state index contributed by atoms with van der Waals surface area (Å²) in [7, 11) is 1.66. The molecule has 1 fully saturated rings. The van der Waals surface area contributed by atoms with E-state index in [1.54, 1.807) is 13.2 Å². The normalized spacial score (nSPS) is 18.9. The third-order valence-corrected chi connectivity index (χ3v) is 5.50. The maximum absolute atomic E-state index is 13.4. The van der Waals surface area contributed by atoms with Crippen molar-refractivity contribution in [3.8, 4) is 11.1 Å². The molecule has 150 valence electrons. The highest BCUT2D eigenvalue weighted by Crippen LogP contribution is 2.27. The lowest BCUT2D eigenvalue weighted by atomic mass is 9.91. The van der Waals surface area contributed by atoms with Crippen LogP contribution in [0.15, 0.2) is 41.3 Å². The molecule has 1 amide bonds. The number of pyridine rings is 1. The van der Waals surface area contributed by atoms with E-state index in [-0.39, 0.29) is 30.5 Å². The van der Waals surface area contributed by atoms with Crippen LogP contribution in [0.3, 0.4) is 0 Å². The Morgan fingerprint density at radius 3 is 2.61 bits per heavy atom. The summed E-state index contributed by atoms with van der Waals surface area (Å²) in [5, 5.41) is 9.56. The number of aliphatic hydroxyl groups is 1. The SMILES string of the molecule is C[C@@H](c1ccc(-c2cn(C)c(=O)cc2CO)cc1)[C@H](N)C(=O)N1CC[C@H](F)C1. The standard InChI is InChI=1S/C21H26FN3O3/c1-13(20(23)21(28)25-8-7-17(22)10-25)14-3-5-15(6-4-14)18-11-24(2)19(27)9-16(18)12-26/h3-6,9,11,13,17,20,26H,7-8,10,12,23H2,1-2H3/t13-,17-,20-/m0/s1. The number of amides is 1. The van der Waals surface area contributed by atoms with Crippen LogP contribution in [0.25, 0.3) is 11.1 Å². The number of hydrogen-bond acceptors (Lipinski definition) is 4. The smallest absolute Gasteiger partial charge is 0.250 e. The van der Waals surface area contributed by atoms with E-state index in [1.165, 1.54) is 15.5 Å². The van der Waals surface area contributed by atoms with Gasteiger partial charge in [-0.25, -0.2) is 4.39 Å². The van der Waals surface area contributed by atoms with Crippen molar-refractivity contribution in [1.82, 2.24) is 9.47 Å². The Morgan fingerprint density at radius 1 is 1.36 bits per heavy atom. The minimum atomic E-state index is -0.965. The third-order valence-electron chi connectivity index (χ3n) is 5.50. The van der Waals surface area contributed by atoms with Gasteiger partial charge in [-0.3, -0.25) is 9.59 Å². The summed E-state index contributed by atoms with van der Waals surface area (Å²) in [4.78, 5) is 25.8. The van der Waals surface area contributed by atoms with E-state index in [9.17, 15) is 19.1 Å². The van der Waals surface area contributed by atoms with Crippen LogP contribution in [-0.4, -0.2) is 45.8 Å². The first-order chi connectivity index (χ1) is 13.3. The molecule has 3 rings (SSSR count). The molecule has 0 bridgehead atoms. The van der Waals surface area contributed by atoms with Gasteiger partial charge in [0, 0.05) is 37.3 Å². The zero-order valence-electron chi connectivity index (χ0n) is 16.1. The van der Waals surface area contributed by atoms with Crippen LogP contribution in [0.4, 0.5) is 4.39 Å². The number of carbonyl (C=O) groups is 1. The van der Waals surface area contributed by atoms with Crippen LogP contribution in [-0.2, 0) is 18.4 Å². The maximum Gasteiger partial charge on any atom is 0.250 e. The summed E-state index contributed by atoms with van der Waals surface area (Å²) in [6, 6.07) is 8.24. The molecule has 1 aliphatic rings. The molecule has 7 heteroatoms. The van der Waals surface area contributed by atoms with E-state index >= 15 is 0 Å². The van der Waals surface area contributed by atoms with Crippen molar-refractivity contribution in [2.24, 2.45) is 12.8 Å². The molecule has 0 saturated carbocycles. The Kier molecular flexibility index (Phi) is 5.96.